The minimum Gasteiger partial charge on any atom is -0.447 e. The number of hydrogen-bond acceptors (Lipinski definition) is 4. The number of nitrogens with zero attached hydrogens (tertiary/aromatic N) is 4. The number of aryl methyl sites for hydroxylation is 1. The van der Waals surface area contributed by atoms with E-state index in [9.17, 15) is 9.59 Å². The van der Waals surface area contributed by atoms with E-state index in [1.54, 1.807) is 4.90 Å². The van der Waals surface area contributed by atoms with Crippen LogP contribution in [0.3, 0.4) is 0 Å². The summed E-state index contributed by atoms with van der Waals surface area (Å²) in [5, 5.41) is 4.64. The summed E-state index contributed by atoms with van der Waals surface area (Å²) >= 11 is 0. The van der Waals surface area contributed by atoms with Crippen LogP contribution in [0.25, 0.3) is 5.69 Å². The lowest BCUT2D eigenvalue weighted by Gasteiger charge is -2.44. The Morgan fingerprint density at radius 1 is 1.21 bits per heavy atom. The fourth-order valence-electron chi connectivity index (χ4n) is 4.29. The van der Waals surface area contributed by atoms with Crippen molar-refractivity contribution in [3.63, 3.8) is 0 Å². The number of ether oxygens (including phenoxy) is 1. The second kappa shape index (κ2) is 6.96. The van der Waals surface area contributed by atoms with Crippen molar-refractivity contribution in [2.75, 3.05) is 26.2 Å². The number of piperazine rings is 1. The monoisotopic (exact) mass is 382 g/mol. The highest BCUT2D eigenvalue weighted by molar-refractivity contribution is 5.80. The van der Waals surface area contributed by atoms with E-state index >= 15 is 0 Å². The maximum Gasteiger partial charge on any atom is 0.410 e. The summed E-state index contributed by atoms with van der Waals surface area (Å²) in [4.78, 5) is 28.7. The average Bonchev–Trinajstić information content (AvgIpc) is 3.20. The minimum absolute atomic E-state index is 0.0747. The van der Waals surface area contributed by atoms with Gasteiger partial charge in [0, 0.05) is 30.9 Å². The number of fused-ring (bicyclic) bond motifs is 1. The van der Waals surface area contributed by atoms with Gasteiger partial charge in [-0.15, -0.1) is 0 Å². The number of amides is 2. The normalized spacial score (nSPS) is 21.6. The molecule has 2 amide bonds. The molecule has 7 nitrogen and oxygen atoms in total. The molecule has 2 saturated heterocycles. The smallest absolute Gasteiger partial charge is 0.410 e. The predicted octanol–water partition coefficient (Wildman–Crippen LogP) is 2.47. The molecule has 0 spiro atoms. The first kappa shape index (κ1) is 18.5. The van der Waals surface area contributed by atoms with Crippen LogP contribution in [0, 0.1) is 13.8 Å². The summed E-state index contributed by atoms with van der Waals surface area (Å²) in [5.74, 6) is 0.0747. The third-order valence-electron chi connectivity index (χ3n) is 6.12. The average molecular weight is 382 g/mol. The highest BCUT2D eigenvalue weighted by Crippen LogP contribution is 2.32. The molecular formula is C21H26N4O3. The molecule has 4 rings (SSSR count). The number of rotatable bonds is 4. The molecule has 1 unspecified atom stereocenters. The maximum atomic E-state index is 13.1. The molecular weight excluding hydrogens is 356 g/mol. The van der Waals surface area contributed by atoms with E-state index in [0.717, 1.165) is 29.1 Å². The molecule has 2 fully saturated rings. The van der Waals surface area contributed by atoms with Crippen LogP contribution in [0.1, 0.15) is 30.3 Å². The van der Waals surface area contributed by atoms with Gasteiger partial charge < -0.3 is 9.64 Å². The van der Waals surface area contributed by atoms with E-state index in [1.165, 1.54) is 0 Å². The van der Waals surface area contributed by atoms with Gasteiger partial charge in [-0.25, -0.2) is 9.48 Å². The molecule has 7 heteroatoms. The summed E-state index contributed by atoms with van der Waals surface area (Å²) in [7, 11) is 0. The molecule has 1 aromatic carbocycles. The molecule has 0 aliphatic carbocycles. The summed E-state index contributed by atoms with van der Waals surface area (Å²) in [6.07, 6.45) is 0.829. The van der Waals surface area contributed by atoms with E-state index < -0.39 is 0 Å². The van der Waals surface area contributed by atoms with Crippen molar-refractivity contribution in [3.05, 3.63) is 47.3 Å². The van der Waals surface area contributed by atoms with Crippen LogP contribution in [0.2, 0.25) is 0 Å². The molecule has 28 heavy (non-hydrogen) atoms. The lowest BCUT2D eigenvalue weighted by molar-refractivity contribution is -0.134. The van der Waals surface area contributed by atoms with Crippen molar-refractivity contribution in [2.24, 2.45) is 0 Å². The number of cyclic esters (lactones) is 1. The quantitative estimate of drug-likeness (QED) is 0.815. The first-order chi connectivity index (χ1) is 13.4. The molecule has 0 radical (unpaired) electrons. The second-order valence-electron chi connectivity index (χ2n) is 7.67. The Morgan fingerprint density at radius 3 is 2.68 bits per heavy atom. The summed E-state index contributed by atoms with van der Waals surface area (Å²) in [6.45, 7) is 7.95. The van der Waals surface area contributed by atoms with Gasteiger partial charge in [0.2, 0.25) is 5.91 Å². The molecule has 2 aliphatic heterocycles. The van der Waals surface area contributed by atoms with Crippen molar-refractivity contribution >= 4 is 12.0 Å². The van der Waals surface area contributed by atoms with Crippen molar-refractivity contribution in [2.45, 2.75) is 39.2 Å². The highest BCUT2D eigenvalue weighted by Gasteiger charge is 2.50. The van der Waals surface area contributed by atoms with Crippen LogP contribution < -0.4 is 0 Å². The molecule has 1 atom stereocenters. The second-order valence-corrected chi connectivity index (χ2v) is 7.67. The molecule has 1 aromatic heterocycles. The Balaban J connectivity index is 1.53. The number of carbonyl (C=O) groups is 2. The molecule has 0 N–H and O–H groups in total. The molecule has 0 saturated carbocycles. The van der Waals surface area contributed by atoms with Crippen LogP contribution in [0.15, 0.2) is 30.3 Å². The Labute approximate surface area is 164 Å². The molecule has 0 bridgehead atoms. The van der Waals surface area contributed by atoms with Gasteiger partial charge in [0.15, 0.2) is 0 Å². The van der Waals surface area contributed by atoms with Crippen molar-refractivity contribution < 1.29 is 14.3 Å². The first-order valence-electron chi connectivity index (χ1n) is 9.78. The van der Waals surface area contributed by atoms with Crippen molar-refractivity contribution in [1.82, 2.24) is 19.6 Å². The Bertz CT molecular complexity index is 908. The number of benzene rings is 1. The van der Waals surface area contributed by atoms with E-state index in [-0.39, 0.29) is 17.5 Å². The third-order valence-corrected chi connectivity index (χ3v) is 6.12. The van der Waals surface area contributed by atoms with E-state index in [0.29, 0.717) is 32.7 Å². The van der Waals surface area contributed by atoms with Gasteiger partial charge in [0.25, 0.3) is 0 Å². The van der Waals surface area contributed by atoms with Crippen molar-refractivity contribution in [3.8, 4) is 5.69 Å². The van der Waals surface area contributed by atoms with Gasteiger partial charge in [-0.2, -0.15) is 5.10 Å². The van der Waals surface area contributed by atoms with E-state index in [1.807, 2.05) is 60.7 Å². The predicted molar refractivity (Wildman–Crippen MR) is 104 cm³/mol. The number of para-hydroxylation sites is 1. The van der Waals surface area contributed by atoms with Gasteiger partial charge in [0.1, 0.15) is 6.61 Å². The highest BCUT2D eigenvalue weighted by atomic mass is 16.6. The maximum absolute atomic E-state index is 13.1. The van der Waals surface area contributed by atoms with E-state index in [4.69, 9.17) is 4.74 Å². The van der Waals surface area contributed by atoms with Crippen LogP contribution in [0.5, 0.6) is 0 Å². The van der Waals surface area contributed by atoms with Crippen LogP contribution >= 0.6 is 0 Å². The summed E-state index contributed by atoms with van der Waals surface area (Å²) in [6, 6.07) is 9.94. The SMILES string of the molecule is CCC12COC(=O)N1CCN(C(=O)Cc1c(C)nn(-c3ccccc3)c1C)C2. The Kier molecular flexibility index (Phi) is 4.61. The first-order valence-corrected chi connectivity index (χ1v) is 9.78. The van der Waals surface area contributed by atoms with Gasteiger partial charge >= 0.3 is 6.09 Å². The zero-order valence-corrected chi connectivity index (χ0v) is 16.6. The van der Waals surface area contributed by atoms with Gasteiger partial charge in [0.05, 0.1) is 23.3 Å². The van der Waals surface area contributed by atoms with Crippen LogP contribution in [-0.2, 0) is 16.0 Å². The summed E-state index contributed by atoms with van der Waals surface area (Å²) in [5.41, 5.74) is 3.43. The Hall–Kier alpha value is -2.83. The van der Waals surface area contributed by atoms with E-state index in [2.05, 4.69) is 5.10 Å². The number of carbonyl (C=O) groups excluding carboxylic acids is 2. The minimum atomic E-state index is -0.386. The molecule has 148 valence electrons. The number of aromatic nitrogens is 2. The molecule has 2 aromatic rings. The third kappa shape index (κ3) is 2.95. The van der Waals surface area contributed by atoms with Gasteiger partial charge in [-0.05, 0) is 32.4 Å². The Morgan fingerprint density at radius 2 is 1.96 bits per heavy atom. The largest absolute Gasteiger partial charge is 0.447 e. The van der Waals surface area contributed by atoms with Crippen LogP contribution in [-0.4, -0.2) is 63.4 Å². The zero-order chi connectivity index (χ0) is 19.9. The fourth-order valence-corrected chi connectivity index (χ4v) is 4.29. The molecule has 2 aliphatic rings. The fraction of sp³-hybridized carbons (Fsp3) is 0.476. The van der Waals surface area contributed by atoms with Gasteiger partial charge in [-0.3, -0.25) is 9.69 Å². The lowest BCUT2D eigenvalue weighted by atomic mass is 9.92. The zero-order valence-electron chi connectivity index (χ0n) is 16.6. The van der Waals surface area contributed by atoms with Crippen LogP contribution in [0.4, 0.5) is 4.79 Å². The number of hydrogen-bond donors (Lipinski definition) is 0. The van der Waals surface area contributed by atoms with Crippen molar-refractivity contribution in [1.29, 1.82) is 0 Å². The standard InChI is InChI=1S/C21H26N4O3/c1-4-21-13-23(10-11-24(21)20(27)28-14-21)19(26)12-18-15(2)22-25(16(18)3)17-8-6-5-7-9-17/h5-9H,4,10-14H2,1-3H3. The molecule has 3 heterocycles. The van der Waals surface area contributed by atoms with Gasteiger partial charge in [-0.1, -0.05) is 25.1 Å². The summed E-state index contributed by atoms with van der Waals surface area (Å²) < 4.78 is 7.16. The topological polar surface area (TPSA) is 67.7 Å². The lowest BCUT2D eigenvalue weighted by Crippen LogP contribution is -2.62.